The molecule has 4 aromatic rings. The van der Waals surface area contributed by atoms with Crippen LogP contribution in [0, 0.1) is 6.92 Å². The molecule has 1 unspecified atom stereocenters. The minimum atomic E-state index is -0.232. The van der Waals surface area contributed by atoms with Crippen molar-refractivity contribution in [2.45, 2.75) is 33.4 Å². The number of hydrogen-bond donors (Lipinski definition) is 1. The van der Waals surface area contributed by atoms with Gasteiger partial charge in [-0.2, -0.15) is 4.98 Å². The predicted octanol–water partition coefficient (Wildman–Crippen LogP) is 5.90. The average molecular weight is 487 g/mol. The molecule has 0 saturated heterocycles. The zero-order valence-electron chi connectivity index (χ0n) is 19.8. The maximum Gasteiger partial charge on any atom is 0.258 e. The minimum absolute atomic E-state index is 0.232. The molecule has 5 rings (SSSR count). The molecule has 35 heavy (non-hydrogen) atoms. The molecule has 3 heterocycles. The van der Waals surface area contributed by atoms with Crippen LogP contribution in [0.1, 0.15) is 42.7 Å². The molecule has 0 aliphatic carbocycles. The van der Waals surface area contributed by atoms with Crippen LogP contribution in [0.15, 0.2) is 81.6 Å². The van der Waals surface area contributed by atoms with E-state index in [9.17, 15) is 0 Å². The molecule has 2 aromatic heterocycles. The molecule has 7 nitrogen and oxygen atoms in total. The van der Waals surface area contributed by atoms with Gasteiger partial charge in [0.1, 0.15) is 11.5 Å². The summed E-state index contributed by atoms with van der Waals surface area (Å²) in [6, 6.07) is 19.6. The molecule has 8 heteroatoms. The van der Waals surface area contributed by atoms with E-state index in [0.29, 0.717) is 30.0 Å². The van der Waals surface area contributed by atoms with Gasteiger partial charge in [-0.15, -0.1) is 0 Å². The molecular weight excluding hydrogens is 460 g/mol. The quantitative estimate of drug-likeness (QED) is 0.324. The number of benzene rings is 2. The van der Waals surface area contributed by atoms with Crippen molar-refractivity contribution in [3.63, 3.8) is 0 Å². The Balaban J connectivity index is 1.55. The highest BCUT2D eigenvalue weighted by Gasteiger charge is 2.34. The Morgan fingerprint density at radius 3 is 2.51 bits per heavy atom. The van der Waals surface area contributed by atoms with Crippen LogP contribution >= 0.6 is 12.2 Å². The Kier molecular flexibility index (Phi) is 6.37. The fourth-order valence-corrected chi connectivity index (χ4v) is 4.45. The number of nitrogens with one attached hydrogen (secondary N) is 1. The number of furan rings is 1. The Bertz CT molecular complexity index is 1340. The number of hydrogen-bond acceptors (Lipinski definition) is 6. The molecule has 0 spiro atoms. The Hall–Kier alpha value is -3.91. The summed E-state index contributed by atoms with van der Waals surface area (Å²) in [7, 11) is 0. The summed E-state index contributed by atoms with van der Waals surface area (Å²) < 4.78 is 16.9. The van der Waals surface area contributed by atoms with E-state index in [1.807, 2.05) is 55.1 Å². The van der Waals surface area contributed by atoms with Crippen LogP contribution in [-0.4, -0.2) is 26.8 Å². The van der Waals surface area contributed by atoms with Crippen molar-refractivity contribution in [1.29, 1.82) is 0 Å². The number of allylic oxidation sites excluding steroid dienone is 1. The van der Waals surface area contributed by atoms with Crippen LogP contribution in [0.2, 0.25) is 0 Å². The van der Waals surface area contributed by atoms with Gasteiger partial charge in [0.25, 0.3) is 5.89 Å². The lowest BCUT2D eigenvalue weighted by molar-refractivity contribution is 0.340. The van der Waals surface area contributed by atoms with E-state index in [-0.39, 0.29) is 6.04 Å². The third-order valence-electron chi connectivity index (χ3n) is 5.98. The molecule has 0 bridgehead atoms. The summed E-state index contributed by atoms with van der Waals surface area (Å²) in [5.41, 5.74) is 4.90. The molecule has 1 aliphatic rings. The van der Waals surface area contributed by atoms with Crippen LogP contribution < -0.4 is 10.1 Å². The lowest BCUT2D eigenvalue weighted by Gasteiger charge is -2.37. The summed E-state index contributed by atoms with van der Waals surface area (Å²) in [5.74, 6) is 2.56. The highest BCUT2D eigenvalue weighted by atomic mass is 32.1. The number of ether oxygens (including phenoxy) is 1. The van der Waals surface area contributed by atoms with Crippen molar-refractivity contribution in [2.24, 2.45) is 0 Å². The van der Waals surface area contributed by atoms with Gasteiger partial charge in [-0.3, -0.25) is 0 Å². The zero-order valence-corrected chi connectivity index (χ0v) is 20.6. The maximum atomic E-state index is 5.82. The van der Waals surface area contributed by atoms with Gasteiger partial charge in [-0.1, -0.05) is 35.0 Å². The topological polar surface area (TPSA) is 76.6 Å². The van der Waals surface area contributed by atoms with Crippen molar-refractivity contribution >= 4 is 22.9 Å². The Morgan fingerprint density at radius 1 is 1.06 bits per heavy atom. The average Bonchev–Trinajstić information content (AvgIpc) is 3.55. The predicted molar refractivity (Wildman–Crippen MR) is 137 cm³/mol. The summed E-state index contributed by atoms with van der Waals surface area (Å²) >= 11 is 5.76. The van der Waals surface area contributed by atoms with Gasteiger partial charge in [-0.25, -0.2) is 0 Å². The lowest BCUT2D eigenvalue weighted by Crippen LogP contribution is -2.45. The van der Waals surface area contributed by atoms with E-state index in [4.69, 9.17) is 30.9 Å². The largest absolute Gasteiger partial charge is 0.494 e. The third-order valence-corrected chi connectivity index (χ3v) is 6.32. The standard InChI is InChI=1S/C27H26N4O3S/c1-4-32-21-13-11-20(12-14-21)25-29-26(34-30-25)23-18(3)31(16-22-6-5-15-33-22)27(35)28-24(23)19-9-7-17(2)8-10-19/h5-15,24H,4,16H2,1-3H3,(H,28,35). The molecule has 1 N–H and O–H groups in total. The zero-order chi connectivity index (χ0) is 24.4. The van der Waals surface area contributed by atoms with Gasteiger partial charge in [0, 0.05) is 11.3 Å². The van der Waals surface area contributed by atoms with Crippen molar-refractivity contribution < 1.29 is 13.7 Å². The molecular formula is C27H26N4O3S. The van der Waals surface area contributed by atoms with Gasteiger partial charge >= 0.3 is 0 Å². The van der Waals surface area contributed by atoms with Crippen LogP contribution in [0.4, 0.5) is 0 Å². The second kappa shape index (κ2) is 9.76. The minimum Gasteiger partial charge on any atom is -0.494 e. The molecule has 0 radical (unpaired) electrons. The summed E-state index contributed by atoms with van der Waals surface area (Å²) in [4.78, 5) is 6.77. The number of aromatic nitrogens is 2. The van der Waals surface area contributed by atoms with E-state index in [1.54, 1.807) is 6.26 Å². The van der Waals surface area contributed by atoms with E-state index < -0.39 is 0 Å². The maximum absolute atomic E-state index is 5.82. The van der Waals surface area contributed by atoms with Crippen LogP contribution in [0.3, 0.4) is 0 Å². The molecule has 178 valence electrons. The Morgan fingerprint density at radius 2 is 1.83 bits per heavy atom. The van der Waals surface area contributed by atoms with Gasteiger partial charge in [0.05, 0.1) is 31.0 Å². The normalized spacial score (nSPS) is 15.9. The van der Waals surface area contributed by atoms with E-state index in [0.717, 1.165) is 33.9 Å². The van der Waals surface area contributed by atoms with Gasteiger partial charge in [-0.05, 0) is 75.0 Å². The summed E-state index contributed by atoms with van der Waals surface area (Å²) in [5, 5.41) is 8.36. The summed E-state index contributed by atoms with van der Waals surface area (Å²) in [6.07, 6.45) is 1.66. The fraction of sp³-hybridized carbons (Fsp3) is 0.222. The van der Waals surface area contributed by atoms with E-state index in [1.165, 1.54) is 5.56 Å². The molecule has 1 aliphatic heterocycles. The van der Waals surface area contributed by atoms with Crippen molar-refractivity contribution in [3.8, 4) is 17.1 Å². The lowest BCUT2D eigenvalue weighted by atomic mass is 9.94. The molecule has 0 amide bonds. The van der Waals surface area contributed by atoms with Gasteiger partial charge < -0.3 is 23.9 Å². The number of thiocarbonyl (C=S) groups is 1. The number of aryl methyl sites for hydroxylation is 1. The first kappa shape index (κ1) is 22.9. The van der Waals surface area contributed by atoms with Crippen molar-refractivity contribution in [3.05, 3.63) is 95.4 Å². The first-order valence-electron chi connectivity index (χ1n) is 11.5. The van der Waals surface area contributed by atoms with Crippen LogP contribution in [-0.2, 0) is 6.54 Å². The first-order chi connectivity index (χ1) is 17.0. The van der Waals surface area contributed by atoms with Crippen LogP contribution in [0.5, 0.6) is 5.75 Å². The second-order valence-corrected chi connectivity index (χ2v) is 8.73. The number of nitrogens with zero attached hydrogens (tertiary/aromatic N) is 3. The highest BCUT2D eigenvalue weighted by molar-refractivity contribution is 7.80. The van der Waals surface area contributed by atoms with E-state index in [2.05, 4.69) is 41.7 Å². The highest BCUT2D eigenvalue weighted by Crippen LogP contribution is 2.38. The smallest absolute Gasteiger partial charge is 0.258 e. The fourth-order valence-electron chi connectivity index (χ4n) is 4.13. The van der Waals surface area contributed by atoms with Gasteiger partial charge in [0.15, 0.2) is 5.11 Å². The third kappa shape index (κ3) is 4.70. The van der Waals surface area contributed by atoms with Gasteiger partial charge in [0.2, 0.25) is 5.82 Å². The molecule has 0 saturated carbocycles. The number of rotatable bonds is 7. The van der Waals surface area contributed by atoms with Crippen molar-refractivity contribution in [1.82, 2.24) is 20.4 Å². The monoisotopic (exact) mass is 486 g/mol. The SMILES string of the molecule is CCOc1ccc(-c2noc(C3=C(C)N(Cc4ccco4)C(=S)NC3c3ccc(C)cc3)n2)cc1. The summed E-state index contributed by atoms with van der Waals surface area (Å²) in [6.45, 7) is 7.15. The van der Waals surface area contributed by atoms with Crippen molar-refractivity contribution in [2.75, 3.05) is 6.61 Å². The molecule has 0 fully saturated rings. The van der Waals surface area contributed by atoms with Crippen LogP contribution in [0.25, 0.3) is 17.0 Å². The molecule has 1 atom stereocenters. The van der Waals surface area contributed by atoms with E-state index >= 15 is 0 Å². The first-order valence-corrected chi connectivity index (χ1v) is 11.9. The second-order valence-electron chi connectivity index (χ2n) is 8.34. The Labute approximate surface area is 209 Å². The molecule has 2 aromatic carbocycles.